The van der Waals surface area contributed by atoms with Crippen LogP contribution in [0.3, 0.4) is 0 Å². The van der Waals surface area contributed by atoms with Crippen molar-refractivity contribution in [1.29, 1.82) is 5.26 Å². The number of para-hydroxylation sites is 1. The molecular weight excluding hydrogens is 250 g/mol. The summed E-state index contributed by atoms with van der Waals surface area (Å²) in [5, 5.41) is 12.0. The molecule has 3 rings (SSSR count). The Labute approximate surface area is 116 Å². The highest BCUT2D eigenvalue weighted by atomic mass is 15.3. The van der Waals surface area contributed by atoms with Gasteiger partial charge in [0.25, 0.3) is 0 Å². The van der Waals surface area contributed by atoms with Gasteiger partial charge in [0.2, 0.25) is 5.79 Å². The van der Waals surface area contributed by atoms with E-state index in [1.165, 1.54) is 0 Å². The van der Waals surface area contributed by atoms with E-state index in [0.29, 0.717) is 11.4 Å². The second kappa shape index (κ2) is 4.37. The van der Waals surface area contributed by atoms with Crippen molar-refractivity contribution in [2.24, 2.45) is 16.5 Å². The second-order valence-corrected chi connectivity index (χ2v) is 4.62. The third kappa shape index (κ3) is 1.88. The largest absolute Gasteiger partial charge is 0.383 e. The van der Waals surface area contributed by atoms with Crippen molar-refractivity contribution in [2.45, 2.75) is 5.79 Å². The van der Waals surface area contributed by atoms with E-state index in [1.54, 1.807) is 24.3 Å². The van der Waals surface area contributed by atoms with Crippen molar-refractivity contribution in [3.05, 3.63) is 65.2 Å². The van der Waals surface area contributed by atoms with Gasteiger partial charge in [0.15, 0.2) is 0 Å². The van der Waals surface area contributed by atoms with E-state index in [2.05, 4.69) is 16.4 Å². The van der Waals surface area contributed by atoms with Crippen LogP contribution in [0, 0.1) is 11.3 Å². The molecule has 1 atom stereocenters. The fourth-order valence-electron chi connectivity index (χ4n) is 2.23. The van der Waals surface area contributed by atoms with Gasteiger partial charge in [0, 0.05) is 16.8 Å². The van der Waals surface area contributed by atoms with Crippen LogP contribution in [0.4, 0.5) is 5.69 Å². The topological polar surface area (TPSA) is 100 Å². The fourth-order valence-corrected chi connectivity index (χ4v) is 2.23. The smallest absolute Gasteiger partial charge is 0.211 e. The molecule has 0 radical (unpaired) electrons. The van der Waals surface area contributed by atoms with Gasteiger partial charge in [0.05, 0.1) is 11.6 Å². The predicted octanol–water partition coefficient (Wildman–Crippen LogP) is 1.46. The van der Waals surface area contributed by atoms with Crippen molar-refractivity contribution in [3.63, 3.8) is 0 Å². The molecule has 0 saturated heterocycles. The molecule has 98 valence electrons. The molecule has 0 spiro atoms. The molecule has 0 saturated carbocycles. The van der Waals surface area contributed by atoms with E-state index in [9.17, 15) is 0 Å². The standard InChI is InChI=1S/C15H13N5/c16-9-10-5-7-11(8-6-10)15(18)19-13-4-2-1-3-12(13)14(17)20-15/h1-8,19H,18H2,(H2,17,20). The van der Waals surface area contributed by atoms with Gasteiger partial charge < -0.3 is 11.1 Å². The van der Waals surface area contributed by atoms with Crippen LogP contribution in [-0.2, 0) is 5.79 Å². The lowest BCUT2D eigenvalue weighted by molar-refractivity contribution is 0.537. The number of benzene rings is 2. The summed E-state index contributed by atoms with van der Waals surface area (Å²) in [5.41, 5.74) is 15.3. The quantitative estimate of drug-likeness (QED) is 0.725. The molecule has 0 aliphatic carbocycles. The van der Waals surface area contributed by atoms with Crippen LogP contribution in [0.15, 0.2) is 53.5 Å². The van der Waals surface area contributed by atoms with E-state index >= 15 is 0 Å². The van der Waals surface area contributed by atoms with Crippen molar-refractivity contribution >= 4 is 11.5 Å². The highest BCUT2D eigenvalue weighted by Gasteiger charge is 2.31. The third-order valence-corrected chi connectivity index (χ3v) is 3.28. The molecule has 2 aromatic rings. The molecule has 2 aromatic carbocycles. The summed E-state index contributed by atoms with van der Waals surface area (Å²) < 4.78 is 0. The molecule has 0 fully saturated rings. The van der Waals surface area contributed by atoms with Gasteiger partial charge in [-0.1, -0.05) is 24.3 Å². The first-order valence-electron chi connectivity index (χ1n) is 6.15. The number of rotatable bonds is 1. The summed E-state index contributed by atoms with van der Waals surface area (Å²) in [6.07, 6.45) is 0. The average Bonchev–Trinajstić information content (AvgIpc) is 2.47. The Kier molecular flexibility index (Phi) is 2.67. The number of fused-ring (bicyclic) bond motifs is 1. The molecule has 0 aromatic heterocycles. The van der Waals surface area contributed by atoms with Crippen LogP contribution in [0.5, 0.6) is 0 Å². The lowest BCUT2D eigenvalue weighted by Crippen LogP contribution is -2.47. The minimum Gasteiger partial charge on any atom is -0.383 e. The Hall–Kier alpha value is -2.84. The lowest BCUT2D eigenvalue weighted by atomic mass is 10.0. The first kappa shape index (κ1) is 12.2. The molecule has 1 unspecified atom stereocenters. The number of hydrogen-bond donors (Lipinski definition) is 3. The molecule has 1 heterocycles. The summed E-state index contributed by atoms with van der Waals surface area (Å²) in [6, 6.07) is 16.6. The highest BCUT2D eigenvalue weighted by Crippen LogP contribution is 2.30. The molecule has 20 heavy (non-hydrogen) atoms. The van der Waals surface area contributed by atoms with Crippen molar-refractivity contribution in [3.8, 4) is 6.07 Å². The maximum Gasteiger partial charge on any atom is 0.211 e. The number of anilines is 1. The molecular formula is C15H13N5. The summed E-state index contributed by atoms with van der Waals surface area (Å²) in [4.78, 5) is 4.36. The lowest BCUT2D eigenvalue weighted by Gasteiger charge is -2.33. The Morgan fingerprint density at radius 1 is 1.10 bits per heavy atom. The number of nitrogens with two attached hydrogens (primary N) is 2. The van der Waals surface area contributed by atoms with E-state index in [1.807, 2.05) is 24.3 Å². The highest BCUT2D eigenvalue weighted by molar-refractivity contribution is 6.04. The number of amidine groups is 1. The molecule has 1 aliphatic rings. The van der Waals surface area contributed by atoms with Crippen LogP contribution in [-0.4, -0.2) is 5.84 Å². The normalized spacial score (nSPS) is 20.3. The summed E-state index contributed by atoms with van der Waals surface area (Å²) in [5.74, 6) is -0.724. The van der Waals surface area contributed by atoms with Gasteiger partial charge in [-0.05, 0) is 24.3 Å². The van der Waals surface area contributed by atoms with Crippen LogP contribution in [0.2, 0.25) is 0 Å². The Bertz CT molecular complexity index is 727. The number of aliphatic imine (C=N–C) groups is 1. The monoisotopic (exact) mass is 263 g/mol. The van der Waals surface area contributed by atoms with Crippen molar-refractivity contribution in [1.82, 2.24) is 0 Å². The van der Waals surface area contributed by atoms with Crippen LogP contribution >= 0.6 is 0 Å². The van der Waals surface area contributed by atoms with Crippen LogP contribution in [0.25, 0.3) is 0 Å². The Balaban J connectivity index is 2.06. The van der Waals surface area contributed by atoms with Crippen LogP contribution in [0.1, 0.15) is 16.7 Å². The summed E-state index contributed by atoms with van der Waals surface area (Å²) >= 11 is 0. The second-order valence-electron chi connectivity index (χ2n) is 4.62. The zero-order valence-electron chi connectivity index (χ0n) is 10.7. The van der Waals surface area contributed by atoms with Gasteiger partial charge >= 0.3 is 0 Å². The molecule has 5 heteroatoms. The Morgan fingerprint density at radius 3 is 2.50 bits per heavy atom. The third-order valence-electron chi connectivity index (χ3n) is 3.28. The summed E-state index contributed by atoms with van der Waals surface area (Å²) in [6.45, 7) is 0. The summed E-state index contributed by atoms with van der Waals surface area (Å²) in [7, 11) is 0. The fraction of sp³-hybridized carbons (Fsp3) is 0.0667. The van der Waals surface area contributed by atoms with Crippen LogP contribution < -0.4 is 16.8 Å². The zero-order chi connectivity index (χ0) is 14.2. The first-order chi connectivity index (χ1) is 9.62. The van der Waals surface area contributed by atoms with Gasteiger partial charge in [0.1, 0.15) is 5.84 Å². The van der Waals surface area contributed by atoms with Crippen molar-refractivity contribution in [2.75, 3.05) is 5.32 Å². The number of nitriles is 1. The van der Waals surface area contributed by atoms with E-state index in [0.717, 1.165) is 16.8 Å². The van der Waals surface area contributed by atoms with Gasteiger partial charge in [-0.15, -0.1) is 0 Å². The minimum absolute atomic E-state index is 0.395. The van der Waals surface area contributed by atoms with E-state index in [4.69, 9.17) is 16.7 Å². The maximum atomic E-state index is 8.83. The van der Waals surface area contributed by atoms with Gasteiger partial charge in [-0.25, -0.2) is 4.99 Å². The number of hydrogen-bond acceptors (Lipinski definition) is 5. The van der Waals surface area contributed by atoms with Gasteiger partial charge in [-0.2, -0.15) is 5.26 Å². The first-order valence-corrected chi connectivity index (χ1v) is 6.15. The van der Waals surface area contributed by atoms with E-state index in [-0.39, 0.29) is 0 Å². The van der Waals surface area contributed by atoms with Crippen molar-refractivity contribution < 1.29 is 0 Å². The molecule has 5 nitrogen and oxygen atoms in total. The Morgan fingerprint density at radius 2 is 1.80 bits per heavy atom. The number of nitrogens with one attached hydrogen (secondary N) is 1. The average molecular weight is 263 g/mol. The SMILES string of the molecule is N#Cc1ccc(C2(N)N=C(N)c3ccccc3N2)cc1. The minimum atomic E-state index is -1.12. The predicted molar refractivity (Wildman–Crippen MR) is 77.8 cm³/mol. The molecule has 0 amide bonds. The zero-order valence-corrected chi connectivity index (χ0v) is 10.7. The van der Waals surface area contributed by atoms with E-state index < -0.39 is 5.79 Å². The number of nitrogens with zero attached hydrogens (tertiary/aromatic N) is 2. The molecule has 0 bridgehead atoms. The maximum absolute atomic E-state index is 8.83. The molecule has 5 N–H and O–H groups in total. The molecule has 1 aliphatic heterocycles. The van der Waals surface area contributed by atoms with Gasteiger partial charge in [-0.3, -0.25) is 5.73 Å².